The summed E-state index contributed by atoms with van der Waals surface area (Å²) in [5.41, 5.74) is 0. The average Bonchev–Trinajstić information content (AvgIpc) is 1.30. The molecule has 0 aromatic heterocycles. The van der Waals surface area contributed by atoms with E-state index < -0.39 is 6.30 Å². The lowest BCUT2D eigenvalue weighted by Crippen LogP contribution is -1.98. The summed E-state index contributed by atoms with van der Waals surface area (Å²) in [6, 6.07) is 0. The number of rotatable bonds is 0. The van der Waals surface area contributed by atoms with Gasteiger partial charge in [0.2, 0.25) is 0 Å². The van der Waals surface area contributed by atoms with Gasteiger partial charge < -0.3 is 0 Å². The fourth-order valence-corrected chi connectivity index (χ4v) is 0.380. The number of nitrogens with zero attached hydrogens (tertiary/aromatic N) is 1. The molecule has 0 rings (SSSR count). The largest absolute Gasteiger partial charge is 0.514 e. The molecule has 0 unspecified atom stereocenters. The molecule has 0 spiro atoms. The summed E-state index contributed by atoms with van der Waals surface area (Å²) in [5, 5.41) is 0. The van der Waals surface area contributed by atoms with Gasteiger partial charge in [0.25, 0.3) is 0 Å². The highest BCUT2D eigenvalue weighted by Gasteiger charge is 2.25. The summed E-state index contributed by atoms with van der Waals surface area (Å²) in [7, 11) is -0.00810. The SMILES string of the molecule is FC(F)(F)N=S=S. The summed E-state index contributed by atoms with van der Waals surface area (Å²) in [4.78, 5) is 0. The number of hydrogen-bond donors (Lipinski definition) is 0. The van der Waals surface area contributed by atoms with Crippen LogP contribution in [-0.4, -0.2) is 6.30 Å². The van der Waals surface area contributed by atoms with Gasteiger partial charge in [0.1, 0.15) is 0 Å². The third-order valence-corrected chi connectivity index (χ3v) is 0.646. The van der Waals surface area contributed by atoms with Gasteiger partial charge in [0.15, 0.2) is 0 Å². The van der Waals surface area contributed by atoms with E-state index in [-0.39, 0.29) is 10.1 Å². The van der Waals surface area contributed by atoms with Crippen LogP contribution in [0.25, 0.3) is 0 Å². The first-order valence-corrected chi connectivity index (χ1v) is 2.84. The predicted molar refractivity (Wildman–Crippen MR) is 23.2 cm³/mol. The van der Waals surface area contributed by atoms with Crippen LogP contribution in [0.15, 0.2) is 4.36 Å². The van der Waals surface area contributed by atoms with Crippen LogP contribution in [0.2, 0.25) is 0 Å². The van der Waals surface area contributed by atoms with Gasteiger partial charge in [-0.3, -0.25) is 0 Å². The Labute approximate surface area is 45.9 Å². The lowest BCUT2D eigenvalue weighted by molar-refractivity contribution is -0.117. The third-order valence-electron chi connectivity index (χ3n) is 0.141. The minimum absolute atomic E-state index is 0.00810. The van der Waals surface area contributed by atoms with Crippen molar-refractivity contribution in [2.24, 2.45) is 4.36 Å². The summed E-state index contributed by atoms with van der Waals surface area (Å²) >= 11 is 3.83. The van der Waals surface area contributed by atoms with E-state index in [0.29, 0.717) is 0 Å². The van der Waals surface area contributed by atoms with Crippen LogP contribution in [0.4, 0.5) is 13.2 Å². The summed E-state index contributed by atoms with van der Waals surface area (Å²) < 4.78 is 34.4. The second kappa shape index (κ2) is 2.37. The molecule has 0 atom stereocenters. The quantitative estimate of drug-likeness (QED) is 0.469. The normalized spacial score (nSPS) is 10.7. The second-order valence-electron chi connectivity index (χ2n) is 0.634. The van der Waals surface area contributed by atoms with Gasteiger partial charge >= 0.3 is 6.30 Å². The van der Waals surface area contributed by atoms with E-state index in [1.165, 1.54) is 0 Å². The van der Waals surface area contributed by atoms with E-state index in [1.807, 2.05) is 4.36 Å². The molecule has 0 saturated carbocycles. The molecule has 0 heterocycles. The molecule has 0 radical (unpaired) electrons. The maximum absolute atomic E-state index is 10.8. The van der Waals surface area contributed by atoms with Gasteiger partial charge in [0, 0.05) is 21.3 Å². The molecule has 0 bridgehead atoms. The first-order valence-electron chi connectivity index (χ1n) is 1.14. The predicted octanol–water partition coefficient (Wildman–Crippen LogP) is 1.23. The molecule has 42 valence electrons. The lowest BCUT2D eigenvalue weighted by Gasteiger charge is -1.89. The zero-order valence-corrected chi connectivity index (χ0v) is 4.53. The Hall–Kier alpha value is 0.0300. The maximum atomic E-state index is 10.8. The molecule has 6 heteroatoms. The highest BCUT2D eigenvalue weighted by atomic mass is 32.8. The van der Waals surface area contributed by atoms with Crippen LogP contribution < -0.4 is 0 Å². The molecule has 0 aliphatic carbocycles. The molecule has 7 heavy (non-hydrogen) atoms. The highest BCUT2D eigenvalue weighted by Crippen LogP contribution is 2.14. The zero-order chi connectivity index (χ0) is 5.91. The van der Waals surface area contributed by atoms with Gasteiger partial charge in [-0.1, -0.05) is 0 Å². The van der Waals surface area contributed by atoms with Crippen LogP contribution in [-0.2, 0) is 21.3 Å². The Bertz CT molecular complexity index is 100.0. The fourth-order valence-electron chi connectivity index (χ4n) is 0.0423. The Kier molecular flexibility index (Phi) is 2.38. The van der Waals surface area contributed by atoms with Gasteiger partial charge in [-0.25, -0.2) is 0 Å². The molecule has 0 aromatic rings. The molecular weight excluding hydrogens is 147 g/mol. The molecule has 0 amide bonds. The molecule has 0 aliphatic rings. The smallest absolute Gasteiger partial charge is 0.148 e. The van der Waals surface area contributed by atoms with Crippen LogP contribution in [0.3, 0.4) is 0 Å². The van der Waals surface area contributed by atoms with Gasteiger partial charge in [-0.05, 0) is 0 Å². The monoisotopic (exact) mass is 147 g/mol. The molecule has 0 aliphatic heterocycles. The summed E-state index contributed by atoms with van der Waals surface area (Å²) in [5.74, 6) is 0. The van der Waals surface area contributed by atoms with Crippen LogP contribution in [0.5, 0.6) is 0 Å². The van der Waals surface area contributed by atoms with E-state index in [1.54, 1.807) is 0 Å². The van der Waals surface area contributed by atoms with Crippen molar-refractivity contribution in [2.75, 3.05) is 0 Å². The zero-order valence-electron chi connectivity index (χ0n) is 2.90. The number of halogens is 3. The topological polar surface area (TPSA) is 12.4 Å². The molecule has 0 aromatic carbocycles. The van der Waals surface area contributed by atoms with Crippen molar-refractivity contribution in [3.8, 4) is 0 Å². The van der Waals surface area contributed by atoms with Gasteiger partial charge in [-0.15, -0.1) is 17.5 Å². The standard InChI is InChI=1S/CF3NS2/c2-1(3,4)5-7-6. The van der Waals surface area contributed by atoms with Crippen molar-refractivity contribution in [2.45, 2.75) is 6.30 Å². The Morgan fingerprint density at radius 1 is 1.43 bits per heavy atom. The molecular formula is CF3NS2. The maximum Gasteiger partial charge on any atom is 0.514 e. The van der Waals surface area contributed by atoms with Gasteiger partial charge in [-0.2, -0.15) is 0 Å². The van der Waals surface area contributed by atoms with Crippen LogP contribution >= 0.6 is 0 Å². The van der Waals surface area contributed by atoms with E-state index in [4.69, 9.17) is 0 Å². The summed E-state index contributed by atoms with van der Waals surface area (Å²) in [6.45, 7) is 0. The molecule has 0 saturated heterocycles. The van der Waals surface area contributed by atoms with Crippen molar-refractivity contribution in [3.63, 3.8) is 0 Å². The second-order valence-corrected chi connectivity index (χ2v) is 1.41. The van der Waals surface area contributed by atoms with E-state index in [9.17, 15) is 13.2 Å². The summed E-state index contributed by atoms with van der Waals surface area (Å²) in [6.07, 6.45) is -4.47. The van der Waals surface area contributed by atoms with Crippen LogP contribution in [0, 0.1) is 0 Å². The van der Waals surface area contributed by atoms with Crippen molar-refractivity contribution >= 4 is 21.3 Å². The van der Waals surface area contributed by atoms with Crippen molar-refractivity contribution in [3.05, 3.63) is 0 Å². The minimum Gasteiger partial charge on any atom is -0.148 e. The average molecular weight is 147 g/mol. The van der Waals surface area contributed by atoms with E-state index >= 15 is 0 Å². The number of alkyl halides is 3. The molecule has 0 fully saturated rings. The van der Waals surface area contributed by atoms with E-state index in [2.05, 4.69) is 11.2 Å². The first kappa shape index (κ1) is 7.03. The van der Waals surface area contributed by atoms with Crippen molar-refractivity contribution in [1.82, 2.24) is 0 Å². The van der Waals surface area contributed by atoms with Crippen molar-refractivity contribution in [1.29, 1.82) is 0 Å². The van der Waals surface area contributed by atoms with E-state index in [0.717, 1.165) is 0 Å². The highest BCUT2D eigenvalue weighted by molar-refractivity contribution is 8.12. The Morgan fingerprint density at radius 2 is 1.86 bits per heavy atom. The molecule has 1 nitrogen and oxygen atoms in total. The third kappa shape index (κ3) is 6.03. The van der Waals surface area contributed by atoms with Crippen molar-refractivity contribution < 1.29 is 13.2 Å². The van der Waals surface area contributed by atoms with Gasteiger partial charge in [0.05, 0.1) is 0 Å². The fraction of sp³-hybridized carbons (Fsp3) is 1.00. The Morgan fingerprint density at radius 3 is 1.86 bits per heavy atom. The Balaban J connectivity index is 3.80. The minimum atomic E-state index is -4.47. The number of hydrogen-bond acceptors (Lipinski definition) is 2. The van der Waals surface area contributed by atoms with Crippen LogP contribution in [0.1, 0.15) is 0 Å². The lowest BCUT2D eigenvalue weighted by atomic mass is 11.3. The molecule has 0 N–H and O–H groups in total. The first-order chi connectivity index (χ1) is 3.06.